The first-order chi connectivity index (χ1) is 16.6. The predicted octanol–water partition coefficient (Wildman–Crippen LogP) is 5.82. The Morgan fingerprint density at radius 1 is 1.12 bits per heavy atom. The Morgan fingerprint density at radius 2 is 1.91 bits per heavy atom. The Kier molecular flexibility index (Phi) is 5.71. The average Bonchev–Trinajstić information content (AvgIpc) is 3.20. The van der Waals surface area contributed by atoms with Gasteiger partial charge in [0.05, 0.1) is 11.5 Å². The van der Waals surface area contributed by atoms with Crippen molar-refractivity contribution in [3.63, 3.8) is 0 Å². The maximum Gasteiger partial charge on any atom is 0.236 e. The number of hydrogen-bond donors (Lipinski definition) is 2. The maximum absolute atomic E-state index is 13.3. The molecule has 0 saturated heterocycles. The fourth-order valence-corrected chi connectivity index (χ4v) is 6.16. The summed E-state index contributed by atoms with van der Waals surface area (Å²) < 4.78 is 10.9. The summed E-state index contributed by atoms with van der Waals surface area (Å²) in [6, 6.07) is 14.1. The van der Waals surface area contributed by atoms with E-state index in [0.29, 0.717) is 16.9 Å². The number of aromatic nitrogens is 1. The molecule has 0 spiro atoms. The number of fused-ring (bicyclic) bond motifs is 1. The van der Waals surface area contributed by atoms with E-state index in [1.54, 1.807) is 0 Å². The monoisotopic (exact) mass is 495 g/mol. The molecule has 176 valence electrons. The van der Waals surface area contributed by atoms with E-state index >= 15 is 0 Å². The topological polar surface area (TPSA) is 72.5 Å². The number of nitrogens with one attached hydrogen (secondary N) is 2. The van der Waals surface area contributed by atoms with Crippen LogP contribution in [0.1, 0.15) is 60.6 Å². The van der Waals surface area contributed by atoms with Crippen molar-refractivity contribution in [2.24, 2.45) is 0 Å². The van der Waals surface area contributed by atoms with Gasteiger partial charge in [0.25, 0.3) is 0 Å². The molecule has 1 atom stereocenters. The molecule has 2 aliphatic carbocycles. The van der Waals surface area contributed by atoms with E-state index < -0.39 is 5.41 Å². The van der Waals surface area contributed by atoms with Gasteiger partial charge in [-0.2, -0.15) is 0 Å². The number of anilines is 1. The van der Waals surface area contributed by atoms with Crippen LogP contribution in [-0.2, 0) is 10.2 Å². The number of halogens is 1. The van der Waals surface area contributed by atoms with Gasteiger partial charge < -0.3 is 20.1 Å². The van der Waals surface area contributed by atoms with Crippen molar-refractivity contribution in [1.29, 1.82) is 0 Å². The third kappa shape index (κ3) is 4.06. The number of carbonyl (C=O) groups is 1. The van der Waals surface area contributed by atoms with Crippen LogP contribution in [0.3, 0.4) is 0 Å². The molecule has 3 aliphatic rings. The fraction of sp³-hybridized carbons (Fsp3) is 0.385. The van der Waals surface area contributed by atoms with Crippen molar-refractivity contribution in [3.8, 4) is 11.5 Å². The lowest BCUT2D eigenvalue weighted by Crippen LogP contribution is -2.31. The Balaban J connectivity index is 1.22. The predicted molar refractivity (Wildman–Crippen MR) is 133 cm³/mol. The van der Waals surface area contributed by atoms with Crippen LogP contribution in [0.15, 0.2) is 48.7 Å². The molecule has 8 heteroatoms. The number of hydrogen-bond acceptors (Lipinski definition) is 6. The van der Waals surface area contributed by atoms with Crippen molar-refractivity contribution in [1.82, 2.24) is 10.3 Å². The molecule has 6 nitrogen and oxygen atoms in total. The molecule has 1 unspecified atom stereocenters. The Bertz CT molecular complexity index is 1220. The van der Waals surface area contributed by atoms with Gasteiger partial charge in [-0.25, -0.2) is 4.98 Å². The molecule has 2 heterocycles. The highest BCUT2D eigenvalue weighted by Crippen LogP contribution is 2.51. The van der Waals surface area contributed by atoms with E-state index in [1.807, 2.05) is 42.6 Å². The van der Waals surface area contributed by atoms with Gasteiger partial charge in [-0.05, 0) is 55.0 Å². The lowest BCUT2D eigenvalue weighted by atomic mass is 9.94. The molecular formula is C26H26ClN3O3S. The van der Waals surface area contributed by atoms with Gasteiger partial charge in [-0.3, -0.25) is 4.79 Å². The second-order valence-corrected chi connectivity index (χ2v) is 10.7. The molecule has 2 aromatic carbocycles. The third-order valence-electron chi connectivity index (χ3n) is 7.11. The van der Waals surface area contributed by atoms with Crippen molar-refractivity contribution in [2.75, 3.05) is 12.1 Å². The smallest absolute Gasteiger partial charge is 0.236 e. The number of carbonyl (C=O) groups excluding carboxylic acids is 1. The van der Waals surface area contributed by atoms with Crippen LogP contribution in [0.5, 0.6) is 11.5 Å². The first-order valence-electron chi connectivity index (χ1n) is 11.8. The lowest BCUT2D eigenvalue weighted by molar-refractivity contribution is -0.118. The van der Waals surface area contributed by atoms with Crippen molar-refractivity contribution in [3.05, 3.63) is 69.7 Å². The van der Waals surface area contributed by atoms with Crippen molar-refractivity contribution < 1.29 is 14.3 Å². The molecular weight excluding hydrogens is 470 g/mol. The van der Waals surface area contributed by atoms with Gasteiger partial charge >= 0.3 is 0 Å². The van der Waals surface area contributed by atoms with E-state index in [9.17, 15) is 4.79 Å². The first kappa shape index (κ1) is 21.9. The van der Waals surface area contributed by atoms with Gasteiger partial charge in [-0.15, -0.1) is 0 Å². The highest BCUT2D eigenvalue weighted by atomic mass is 35.5. The van der Waals surface area contributed by atoms with E-state index in [-0.39, 0.29) is 18.7 Å². The van der Waals surface area contributed by atoms with Gasteiger partial charge in [0.1, 0.15) is 0 Å². The van der Waals surface area contributed by atoms with Gasteiger partial charge in [0, 0.05) is 22.1 Å². The van der Waals surface area contributed by atoms with Crippen molar-refractivity contribution in [2.45, 2.75) is 56.0 Å². The molecule has 6 rings (SSSR count). The van der Waals surface area contributed by atoms with Crippen molar-refractivity contribution >= 4 is 34.0 Å². The minimum absolute atomic E-state index is 0.0229. The Hall–Kier alpha value is -2.61. The molecule has 2 N–H and O–H groups in total. The highest BCUT2D eigenvalue weighted by molar-refractivity contribution is 7.15. The highest BCUT2D eigenvalue weighted by Gasteiger charge is 2.52. The van der Waals surface area contributed by atoms with Crippen LogP contribution in [-0.4, -0.2) is 23.7 Å². The second-order valence-electron chi connectivity index (χ2n) is 9.27. The van der Waals surface area contributed by atoms with Gasteiger partial charge in [0.2, 0.25) is 12.7 Å². The van der Waals surface area contributed by atoms with Crippen LogP contribution in [0.25, 0.3) is 0 Å². The van der Waals surface area contributed by atoms with Crippen LogP contribution in [0.2, 0.25) is 5.02 Å². The molecule has 1 aromatic heterocycles. The van der Waals surface area contributed by atoms with E-state index in [1.165, 1.54) is 37.0 Å². The fourth-order valence-electron chi connectivity index (χ4n) is 5.02. The second kappa shape index (κ2) is 8.87. The number of nitrogens with zero attached hydrogens (tertiary/aromatic N) is 1. The molecule has 2 fully saturated rings. The van der Waals surface area contributed by atoms with Gasteiger partial charge in [0.15, 0.2) is 16.6 Å². The SMILES string of the molecule is O=C(Nc1ncc(C(NC2CCCC2)c2ccccc2Cl)s1)C1(c2ccc3c(c2)OCO3)CC1. The zero-order valence-electron chi connectivity index (χ0n) is 18.7. The summed E-state index contributed by atoms with van der Waals surface area (Å²) in [5.74, 6) is 1.41. The summed E-state index contributed by atoms with van der Waals surface area (Å²) in [5, 5.41) is 8.22. The summed E-state index contributed by atoms with van der Waals surface area (Å²) in [4.78, 5) is 18.9. The first-order valence-corrected chi connectivity index (χ1v) is 13.0. The number of benzene rings is 2. The van der Waals surface area contributed by atoms with Gasteiger partial charge in [-0.1, -0.05) is 60.0 Å². The average molecular weight is 496 g/mol. The zero-order valence-corrected chi connectivity index (χ0v) is 20.3. The molecule has 3 aromatic rings. The summed E-state index contributed by atoms with van der Waals surface area (Å²) in [7, 11) is 0. The number of rotatable bonds is 7. The molecule has 34 heavy (non-hydrogen) atoms. The Labute approximate surface area is 207 Å². The molecule has 2 saturated carbocycles. The number of thiazole rings is 1. The normalized spacial score (nSPS) is 19.2. The van der Waals surface area contributed by atoms with Crippen LogP contribution < -0.4 is 20.1 Å². The minimum Gasteiger partial charge on any atom is -0.454 e. The Morgan fingerprint density at radius 3 is 2.71 bits per heavy atom. The van der Waals surface area contributed by atoms with Crippen LogP contribution in [0.4, 0.5) is 5.13 Å². The standard InChI is InChI=1S/C26H26ClN3O3S/c27-19-8-4-3-7-18(19)23(29-17-5-1-2-6-17)22-14-28-25(34-22)30-24(31)26(11-12-26)16-9-10-20-21(13-16)33-15-32-20/h3-4,7-10,13-14,17,23,29H,1-2,5-6,11-12,15H2,(H,28,30,31). The van der Waals surface area contributed by atoms with Crippen LogP contribution in [0, 0.1) is 0 Å². The number of ether oxygens (including phenoxy) is 2. The zero-order chi connectivity index (χ0) is 23.1. The van der Waals surface area contributed by atoms with E-state index in [2.05, 4.69) is 21.7 Å². The summed E-state index contributed by atoms with van der Waals surface area (Å²) >= 11 is 8.08. The van der Waals surface area contributed by atoms with E-state index in [4.69, 9.17) is 21.1 Å². The maximum atomic E-state index is 13.3. The summed E-state index contributed by atoms with van der Waals surface area (Å²) in [6.07, 6.45) is 8.31. The largest absolute Gasteiger partial charge is 0.454 e. The molecule has 0 radical (unpaired) electrons. The minimum atomic E-state index is -0.531. The lowest BCUT2D eigenvalue weighted by Gasteiger charge is -2.23. The third-order valence-corrected chi connectivity index (χ3v) is 8.43. The molecule has 0 bridgehead atoms. The number of amides is 1. The quantitative estimate of drug-likeness (QED) is 0.432. The summed E-state index contributed by atoms with van der Waals surface area (Å²) in [6.45, 7) is 0.224. The molecule has 1 aliphatic heterocycles. The van der Waals surface area contributed by atoms with Crippen LogP contribution >= 0.6 is 22.9 Å². The summed E-state index contributed by atoms with van der Waals surface area (Å²) in [5.41, 5.74) is 1.47. The van der Waals surface area contributed by atoms with E-state index in [0.717, 1.165) is 39.6 Å². The molecule has 1 amide bonds.